The topological polar surface area (TPSA) is 52.6 Å². The summed E-state index contributed by atoms with van der Waals surface area (Å²) in [6, 6.07) is -0.285. The van der Waals surface area contributed by atoms with Crippen molar-refractivity contribution in [1.82, 2.24) is 10.2 Å². The molecule has 2 N–H and O–H groups in total. The number of hydrogen-bond acceptors (Lipinski definition) is 3. The Hall–Kier alpha value is -0.610. The Bertz CT molecular complexity index is 155. The Labute approximate surface area is 72.6 Å². The van der Waals surface area contributed by atoms with Crippen LogP contribution in [0.5, 0.6) is 0 Å². The van der Waals surface area contributed by atoms with Gasteiger partial charge in [0.15, 0.2) is 0 Å². The largest absolute Gasteiger partial charge is 0.480 e. The molecule has 70 valence electrons. The van der Waals surface area contributed by atoms with Crippen molar-refractivity contribution in [3.63, 3.8) is 0 Å². The van der Waals surface area contributed by atoms with E-state index in [0.717, 1.165) is 26.2 Å². The third-order valence-electron chi connectivity index (χ3n) is 2.26. The van der Waals surface area contributed by atoms with Crippen molar-refractivity contribution < 1.29 is 9.90 Å². The van der Waals surface area contributed by atoms with Crippen LogP contribution in [-0.2, 0) is 4.79 Å². The highest BCUT2D eigenvalue weighted by molar-refractivity contribution is 5.73. The summed E-state index contributed by atoms with van der Waals surface area (Å²) in [7, 11) is 0. The Balaban J connectivity index is 2.46. The first-order valence-electron chi connectivity index (χ1n) is 4.43. The summed E-state index contributed by atoms with van der Waals surface area (Å²) >= 11 is 0. The van der Waals surface area contributed by atoms with Crippen LogP contribution in [0.1, 0.15) is 13.3 Å². The van der Waals surface area contributed by atoms with Crippen LogP contribution < -0.4 is 5.32 Å². The van der Waals surface area contributed by atoms with Gasteiger partial charge < -0.3 is 10.4 Å². The van der Waals surface area contributed by atoms with Crippen molar-refractivity contribution >= 4 is 5.97 Å². The number of hydrogen-bond donors (Lipinski definition) is 2. The zero-order valence-electron chi connectivity index (χ0n) is 7.42. The molecule has 0 aliphatic carbocycles. The first-order valence-corrected chi connectivity index (χ1v) is 4.43. The normalized spacial score (nSPS) is 22.1. The third-order valence-corrected chi connectivity index (χ3v) is 2.26. The second-order valence-corrected chi connectivity index (χ2v) is 3.05. The van der Waals surface area contributed by atoms with Gasteiger partial charge >= 0.3 is 5.97 Å². The van der Waals surface area contributed by atoms with E-state index in [0.29, 0.717) is 6.42 Å². The van der Waals surface area contributed by atoms with E-state index in [-0.39, 0.29) is 6.04 Å². The molecule has 4 nitrogen and oxygen atoms in total. The predicted octanol–water partition coefficient (Wildman–Crippen LogP) is -0.245. The SMILES string of the molecule is CCC(C(=O)O)N1CCNCC1. The van der Waals surface area contributed by atoms with Crippen LogP contribution in [0.25, 0.3) is 0 Å². The Morgan fingerprint density at radius 1 is 1.58 bits per heavy atom. The summed E-state index contributed by atoms with van der Waals surface area (Å²) in [5.41, 5.74) is 0. The number of carboxylic acid groups (broad SMARTS) is 1. The molecule has 4 heteroatoms. The molecule has 1 aliphatic rings. The van der Waals surface area contributed by atoms with Crippen LogP contribution in [0.4, 0.5) is 0 Å². The van der Waals surface area contributed by atoms with Gasteiger partial charge in [0.25, 0.3) is 0 Å². The van der Waals surface area contributed by atoms with Crippen LogP contribution in [0.3, 0.4) is 0 Å². The molecule has 1 saturated heterocycles. The lowest BCUT2D eigenvalue weighted by Crippen LogP contribution is -2.50. The van der Waals surface area contributed by atoms with E-state index < -0.39 is 5.97 Å². The second-order valence-electron chi connectivity index (χ2n) is 3.05. The van der Waals surface area contributed by atoms with Crippen LogP contribution in [-0.4, -0.2) is 48.2 Å². The van der Waals surface area contributed by atoms with Gasteiger partial charge in [0.2, 0.25) is 0 Å². The highest BCUT2D eigenvalue weighted by Gasteiger charge is 2.24. The first-order chi connectivity index (χ1) is 5.75. The quantitative estimate of drug-likeness (QED) is 0.616. The number of carboxylic acids is 1. The maximum absolute atomic E-state index is 10.8. The minimum atomic E-state index is -0.695. The van der Waals surface area contributed by atoms with Crippen LogP contribution in [0.15, 0.2) is 0 Å². The van der Waals surface area contributed by atoms with Crippen molar-refractivity contribution in [3.05, 3.63) is 0 Å². The van der Waals surface area contributed by atoms with Crippen molar-refractivity contribution in [1.29, 1.82) is 0 Å². The summed E-state index contributed by atoms with van der Waals surface area (Å²) in [5.74, 6) is -0.695. The van der Waals surface area contributed by atoms with Crippen molar-refractivity contribution in [3.8, 4) is 0 Å². The van der Waals surface area contributed by atoms with Gasteiger partial charge in [-0.15, -0.1) is 0 Å². The molecule has 0 aromatic rings. The molecule has 12 heavy (non-hydrogen) atoms. The molecular formula is C8H16N2O2. The number of piperazine rings is 1. The average molecular weight is 172 g/mol. The van der Waals surface area contributed by atoms with E-state index in [4.69, 9.17) is 5.11 Å². The van der Waals surface area contributed by atoms with Gasteiger partial charge in [-0.25, -0.2) is 0 Å². The van der Waals surface area contributed by atoms with Crippen molar-refractivity contribution in [2.45, 2.75) is 19.4 Å². The number of nitrogens with one attached hydrogen (secondary N) is 1. The molecule has 0 aromatic heterocycles. The summed E-state index contributed by atoms with van der Waals surface area (Å²) in [6.45, 7) is 5.43. The Morgan fingerprint density at radius 2 is 2.17 bits per heavy atom. The minimum Gasteiger partial charge on any atom is -0.480 e. The maximum atomic E-state index is 10.8. The molecule has 0 spiro atoms. The smallest absolute Gasteiger partial charge is 0.320 e. The lowest BCUT2D eigenvalue weighted by atomic mass is 10.2. The number of rotatable bonds is 3. The zero-order chi connectivity index (χ0) is 8.97. The fourth-order valence-electron chi connectivity index (χ4n) is 1.58. The molecule has 0 aromatic carbocycles. The molecule has 1 aliphatic heterocycles. The van der Waals surface area contributed by atoms with Gasteiger partial charge in [-0.1, -0.05) is 6.92 Å². The van der Waals surface area contributed by atoms with Gasteiger partial charge in [-0.2, -0.15) is 0 Å². The Kier molecular flexibility index (Phi) is 3.49. The fourth-order valence-corrected chi connectivity index (χ4v) is 1.58. The fraction of sp³-hybridized carbons (Fsp3) is 0.875. The van der Waals surface area contributed by atoms with Crippen molar-refractivity contribution in [2.24, 2.45) is 0 Å². The summed E-state index contributed by atoms with van der Waals surface area (Å²) in [6.07, 6.45) is 0.690. The van der Waals surface area contributed by atoms with Gasteiger partial charge in [-0.05, 0) is 6.42 Å². The highest BCUT2D eigenvalue weighted by Crippen LogP contribution is 2.05. The molecular weight excluding hydrogens is 156 g/mol. The molecule has 0 saturated carbocycles. The third kappa shape index (κ3) is 2.19. The standard InChI is InChI=1S/C8H16N2O2/c1-2-7(8(11)12)10-5-3-9-4-6-10/h7,9H,2-6H2,1H3,(H,11,12). The predicted molar refractivity (Wildman–Crippen MR) is 46.2 cm³/mol. The average Bonchev–Trinajstić information content (AvgIpc) is 2.07. The van der Waals surface area contributed by atoms with Crippen LogP contribution in [0.2, 0.25) is 0 Å². The van der Waals surface area contributed by atoms with Crippen LogP contribution >= 0.6 is 0 Å². The molecule has 1 fully saturated rings. The first kappa shape index (κ1) is 9.48. The van der Waals surface area contributed by atoms with Gasteiger partial charge in [0, 0.05) is 26.2 Å². The molecule has 0 amide bonds. The van der Waals surface area contributed by atoms with Crippen LogP contribution in [0, 0.1) is 0 Å². The monoisotopic (exact) mass is 172 g/mol. The number of carbonyl (C=O) groups is 1. The molecule has 1 rings (SSSR count). The molecule has 0 radical (unpaired) electrons. The lowest BCUT2D eigenvalue weighted by Gasteiger charge is -2.31. The molecule has 1 atom stereocenters. The molecule has 0 bridgehead atoms. The highest BCUT2D eigenvalue weighted by atomic mass is 16.4. The van der Waals surface area contributed by atoms with Gasteiger partial charge in [-0.3, -0.25) is 9.69 Å². The maximum Gasteiger partial charge on any atom is 0.320 e. The molecule has 1 unspecified atom stereocenters. The molecule has 1 heterocycles. The van der Waals surface area contributed by atoms with E-state index in [2.05, 4.69) is 5.32 Å². The number of nitrogens with zero attached hydrogens (tertiary/aromatic N) is 1. The summed E-state index contributed by atoms with van der Waals surface area (Å²) in [5, 5.41) is 12.1. The van der Waals surface area contributed by atoms with E-state index in [1.165, 1.54) is 0 Å². The number of aliphatic carboxylic acids is 1. The van der Waals surface area contributed by atoms with Gasteiger partial charge in [0.1, 0.15) is 6.04 Å². The zero-order valence-corrected chi connectivity index (χ0v) is 7.42. The Morgan fingerprint density at radius 3 is 2.58 bits per heavy atom. The van der Waals surface area contributed by atoms with E-state index >= 15 is 0 Å². The van der Waals surface area contributed by atoms with E-state index in [9.17, 15) is 4.79 Å². The summed E-state index contributed by atoms with van der Waals surface area (Å²) < 4.78 is 0. The lowest BCUT2D eigenvalue weighted by molar-refractivity contribution is -0.143. The van der Waals surface area contributed by atoms with Crippen molar-refractivity contribution in [2.75, 3.05) is 26.2 Å². The van der Waals surface area contributed by atoms with E-state index in [1.807, 2.05) is 11.8 Å². The second kappa shape index (κ2) is 4.42. The van der Waals surface area contributed by atoms with Gasteiger partial charge in [0.05, 0.1) is 0 Å². The summed E-state index contributed by atoms with van der Waals surface area (Å²) in [4.78, 5) is 12.8. The van der Waals surface area contributed by atoms with E-state index in [1.54, 1.807) is 0 Å². The minimum absolute atomic E-state index is 0.285.